The zero-order valence-corrected chi connectivity index (χ0v) is 14.0. The van der Waals surface area contributed by atoms with Gasteiger partial charge in [0.2, 0.25) is 0 Å². The average Bonchev–Trinajstić information content (AvgIpc) is 2.89. The van der Waals surface area contributed by atoms with Gasteiger partial charge in [0.15, 0.2) is 0 Å². The van der Waals surface area contributed by atoms with Crippen molar-refractivity contribution >= 4 is 0 Å². The maximum absolute atomic E-state index is 11.0. The van der Waals surface area contributed by atoms with Crippen molar-refractivity contribution in [3.63, 3.8) is 0 Å². The lowest BCUT2D eigenvalue weighted by molar-refractivity contribution is -0.156. The first kappa shape index (κ1) is 15.2. The molecule has 3 aliphatic carbocycles. The van der Waals surface area contributed by atoms with Crippen LogP contribution in [0.25, 0.3) is 0 Å². The van der Waals surface area contributed by atoms with E-state index in [0.717, 1.165) is 25.9 Å². The van der Waals surface area contributed by atoms with Crippen LogP contribution < -0.4 is 0 Å². The fourth-order valence-corrected chi connectivity index (χ4v) is 6.37. The Bertz CT molecular complexity index is 501. The van der Waals surface area contributed by atoms with Crippen molar-refractivity contribution in [1.29, 1.82) is 0 Å². The summed E-state index contributed by atoms with van der Waals surface area (Å²) in [6, 6.07) is 0. The molecule has 0 amide bonds. The van der Waals surface area contributed by atoms with Crippen LogP contribution in [-0.4, -0.2) is 35.1 Å². The molecule has 1 heterocycles. The molecule has 1 aliphatic heterocycles. The van der Waals surface area contributed by atoms with Crippen LogP contribution in [0.3, 0.4) is 0 Å². The van der Waals surface area contributed by atoms with E-state index in [1.165, 1.54) is 31.3 Å². The Morgan fingerprint density at radius 2 is 2.05 bits per heavy atom. The van der Waals surface area contributed by atoms with E-state index < -0.39 is 5.60 Å². The van der Waals surface area contributed by atoms with Gasteiger partial charge in [0.05, 0.1) is 18.3 Å². The minimum absolute atomic E-state index is 0.0964. The van der Waals surface area contributed by atoms with Gasteiger partial charge in [0, 0.05) is 6.61 Å². The van der Waals surface area contributed by atoms with Gasteiger partial charge in [-0.05, 0) is 73.2 Å². The minimum Gasteiger partial charge on any atom is -0.393 e. The van der Waals surface area contributed by atoms with E-state index in [2.05, 4.69) is 19.9 Å². The summed E-state index contributed by atoms with van der Waals surface area (Å²) in [5.41, 5.74) is 1.08. The highest BCUT2D eigenvalue weighted by Gasteiger charge is 2.59. The third-order valence-electron chi connectivity index (χ3n) is 7.73. The molecule has 0 aromatic rings. The standard InChI is InChI=1S/C19H30O3/c1-17-9-6-14-13(16(17)22-11-10-17)4-5-15-18(14,2)7-3-8-19(15,21)12-20/h4,14-16,20-21H,3,5-12H2,1-2H3/t14-,15+,16+,17+,18+,19+/m0/s1. The maximum atomic E-state index is 11.0. The van der Waals surface area contributed by atoms with Crippen LogP contribution in [0.1, 0.15) is 58.8 Å². The number of hydrogen-bond acceptors (Lipinski definition) is 3. The van der Waals surface area contributed by atoms with Crippen LogP contribution in [0.15, 0.2) is 11.6 Å². The lowest BCUT2D eigenvalue weighted by Gasteiger charge is -2.59. The molecular formula is C19H30O3. The second-order valence-corrected chi connectivity index (χ2v) is 8.86. The summed E-state index contributed by atoms with van der Waals surface area (Å²) in [7, 11) is 0. The number of aliphatic hydroxyl groups excluding tert-OH is 1. The monoisotopic (exact) mass is 306 g/mol. The molecule has 0 aromatic carbocycles. The largest absolute Gasteiger partial charge is 0.393 e. The number of rotatable bonds is 1. The summed E-state index contributed by atoms with van der Waals surface area (Å²) in [6.07, 6.45) is 10.2. The van der Waals surface area contributed by atoms with Gasteiger partial charge in [-0.15, -0.1) is 0 Å². The Labute approximate surface area is 133 Å². The van der Waals surface area contributed by atoms with Crippen molar-refractivity contribution in [1.82, 2.24) is 0 Å². The first-order chi connectivity index (χ1) is 10.4. The Balaban J connectivity index is 1.73. The molecule has 1 saturated heterocycles. The highest BCUT2D eigenvalue weighted by molar-refractivity contribution is 5.29. The van der Waals surface area contributed by atoms with Gasteiger partial charge < -0.3 is 14.9 Å². The molecule has 0 bridgehead atoms. The van der Waals surface area contributed by atoms with Crippen molar-refractivity contribution in [2.75, 3.05) is 13.2 Å². The molecule has 0 spiro atoms. The second-order valence-electron chi connectivity index (χ2n) is 8.86. The first-order valence-corrected chi connectivity index (χ1v) is 9.08. The highest BCUT2D eigenvalue weighted by Crippen LogP contribution is 2.63. The fraction of sp³-hybridized carbons (Fsp3) is 0.895. The summed E-state index contributed by atoms with van der Waals surface area (Å²) >= 11 is 0. The molecular weight excluding hydrogens is 276 g/mol. The quantitative estimate of drug-likeness (QED) is 0.732. The molecule has 4 aliphatic rings. The molecule has 22 heavy (non-hydrogen) atoms. The van der Waals surface area contributed by atoms with Crippen molar-refractivity contribution in [2.24, 2.45) is 22.7 Å². The smallest absolute Gasteiger partial charge is 0.0913 e. The summed E-state index contributed by atoms with van der Waals surface area (Å²) < 4.78 is 6.15. The molecule has 4 rings (SSSR count). The van der Waals surface area contributed by atoms with Crippen LogP contribution >= 0.6 is 0 Å². The van der Waals surface area contributed by atoms with Gasteiger partial charge in [-0.2, -0.15) is 0 Å². The second kappa shape index (κ2) is 4.81. The van der Waals surface area contributed by atoms with E-state index in [1.54, 1.807) is 0 Å². The summed E-state index contributed by atoms with van der Waals surface area (Å²) in [5.74, 6) is 0.721. The average molecular weight is 306 g/mol. The zero-order chi connectivity index (χ0) is 15.6. The topological polar surface area (TPSA) is 49.7 Å². The van der Waals surface area contributed by atoms with E-state index in [1.807, 2.05) is 0 Å². The molecule has 3 fully saturated rings. The molecule has 124 valence electrons. The molecule has 2 N–H and O–H groups in total. The number of aliphatic hydroxyl groups is 2. The minimum atomic E-state index is -0.883. The lowest BCUT2D eigenvalue weighted by atomic mass is 9.47. The number of allylic oxidation sites excluding steroid dienone is 1. The van der Waals surface area contributed by atoms with Crippen molar-refractivity contribution < 1.29 is 14.9 Å². The molecule has 3 nitrogen and oxygen atoms in total. The maximum Gasteiger partial charge on any atom is 0.0913 e. The Morgan fingerprint density at radius 1 is 1.23 bits per heavy atom. The number of fused-ring (bicyclic) bond motifs is 5. The van der Waals surface area contributed by atoms with Gasteiger partial charge in [0.1, 0.15) is 0 Å². The third kappa shape index (κ3) is 1.85. The van der Waals surface area contributed by atoms with Gasteiger partial charge in [-0.25, -0.2) is 0 Å². The van der Waals surface area contributed by atoms with Crippen LogP contribution in [0.4, 0.5) is 0 Å². The van der Waals surface area contributed by atoms with E-state index >= 15 is 0 Å². The fourth-order valence-electron chi connectivity index (χ4n) is 6.37. The predicted octanol–water partition coefficient (Wildman–Crippen LogP) is 3.05. The first-order valence-electron chi connectivity index (χ1n) is 9.08. The van der Waals surface area contributed by atoms with Crippen molar-refractivity contribution in [3.05, 3.63) is 11.6 Å². The predicted molar refractivity (Wildman–Crippen MR) is 85.4 cm³/mol. The van der Waals surface area contributed by atoms with Gasteiger partial charge in [-0.3, -0.25) is 0 Å². The summed E-state index contributed by atoms with van der Waals surface area (Å²) in [4.78, 5) is 0. The van der Waals surface area contributed by atoms with Gasteiger partial charge >= 0.3 is 0 Å². The normalized spacial score (nSPS) is 54.2. The number of ether oxygens (including phenoxy) is 1. The van der Waals surface area contributed by atoms with E-state index in [-0.39, 0.29) is 17.9 Å². The van der Waals surface area contributed by atoms with Crippen molar-refractivity contribution in [3.8, 4) is 0 Å². The van der Waals surface area contributed by atoms with Gasteiger partial charge in [0.25, 0.3) is 0 Å². The van der Waals surface area contributed by atoms with Crippen LogP contribution in [0.5, 0.6) is 0 Å². The van der Waals surface area contributed by atoms with E-state index in [0.29, 0.717) is 17.4 Å². The Hall–Kier alpha value is -0.380. The third-order valence-corrected chi connectivity index (χ3v) is 7.73. The zero-order valence-electron chi connectivity index (χ0n) is 14.0. The Morgan fingerprint density at radius 3 is 2.82 bits per heavy atom. The lowest BCUT2D eigenvalue weighted by Crippen LogP contribution is -2.58. The van der Waals surface area contributed by atoms with Crippen LogP contribution in [0, 0.1) is 22.7 Å². The van der Waals surface area contributed by atoms with Crippen LogP contribution in [-0.2, 0) is 4.74 Å². The molecule has 2 saturated carbocycles. The SMILES string of the molecule is C[C@@]12CCO[C@@H]1C1=CC[C@H]3[C@](O)(CO)CCC[C@]3(C)[C@H]1CC2. The summed E-state index contributed by atoms with van der Waals surface area (Å²) in [5, 5.41) is 20.8. The molecule has 0 unspecified atom stereocenters. The highest BCUT2D eigenvalue weighted by atomic mass is 16.5. The molecule has 0 radical (unpaired) electrons. The van der Waals surface area contributed by atoms with Gasteiger partial charge in [-0.1, -0.05) is 19.9 Å². The molecule has 0 aromatic heterocycles. The van der Waals surface area contributed by atoms with E-state index in [9.17, 15) is 10.2 Å². The Kier molecular flexibility index (Phi) is 3.32. The summed E-state index contributed by atoms with van der Waals surface area (Å²) in [6.45, 7) is 5.56. The van der Waals surface area contributed by atoms with Crippen LogP contribution in [0.2, 0.25) is 0 Å². The van der Waals surface area contributed by atoms with Crippen molar-refractivity contribution in [2.45, 2.75) is 70.5 Å². The number of hydrogen-bond donors (Lipinski definition) is 2. The van der Waals surface area contributed by atoms with E-state index in [4.69, 9.17) is 4.74 Å². The molecule has 6 atom stereocenters. The molecule has 3 heteroatoms.